The van der Waals surface area contributed by atoms with E-state index >= 15 is 0 Å². The van der Waals surface area contributed by atoms with Crippen molar-refractivity contribution >= 4 is 16.8 Å². The maximum absolute atomic E-state index is 13.0. The summed E-state index contributed by atoms with van der Waals surface area (Å²) < 4.78 is 0. The largest absolute Gasteiger partial charge is 0.328 e. The number of para-hydroxylation sites is 1. The Kier molecular flexibility index (Phi) is 3.10. The Hall–Kier alpha value is -2.70. The molecule has 1 aromatic carbocycles. The Morgan fingerprint density at radius 3 is 3.05 bits per heavy atom. The van der Waals surface area contributed by atoms with Gasteiger partial charge in [-0.3, -0.25) is 15.0 Å². The molecule has 1 amide bonds. The molecule has 22 heavy (non-hydrogen) atoms. The van der Waals surface area contributed by atoms with E-state index in [1.165, 1.54) is 6.33 Å². The first-order valence-corrected chi connectivity index (χ1v) is 7.43. The second kappa shape index (κ2) is 5.25. The Labute approximate surface area is 126 Å². The van der Waals surface area contributed by atoms with E-state index in [1.54, 1.807) is 6.20 Å². The summed E-state index contributed by atoms with van der Waals surface area (Å²) in [6, 6.07) is 5.63. The van der Waals surface area contributed by atoms with Crippen molar-refractivity contribution in [1.29, 1.82) is 0 Å². The molecule has 112 valence electrons. The van der Waals surface area contributed by atoms with Gasteiger partial charge in [0.2, 0.25) is 0 Å². The van der Waals surface area contributed by atoms with Gasteiger partial charge in [0.1, 0.15) is 12.2 Å². The van der Waals surface area contributed by atoms with Crippen molar-refractivity contribution < 1.29 is 4.79 Å². The lowest BCUT2D eigenvalue weighted by Gasteiger charge is -2.34. The smallest absolute Gasteiger partial charge is 0.256 e. The second-order valence-electron chi connectivity index (χ2n) is 5.52. The number of amides is 1. The molecule has 1 aliphatic rings. The topological polar surface area (TPSA) is 90.6 Å². The highest BCUT2D eigenvalue weighted by atomic mass is 16.2. The van der Waals surface area contributed by atoms with Crippen LogP contribution >= 0.6 is 0 Å². The third kappa shape index (κ3) is 2.05. The predicted molar refractivity (Wildman–Crippen MR) is 80.1 cm³/mol. The fraction of sp³-hybridized carbons (Fsp3) is 0.333. The van der Waals surface area contributed by atoms with Gasteiger partial charge in [-0.1, -0.05) is 12.1 Å². The molecule has 1 saturated heterocycles. The van der Waals surface area contributed by atoms with Gasteiger partial charge in [-0.05, 0) is 25.3 Å². The van der Waals surface area contributed by atoms with Gasteiger partial charge in [0.25, 0.3) is 5.91 Å². The third-order valence-electron chi connectivity index (χ3n) is 4.22. The van der Waals surface area contributed by atoms with Crippen molar-refractivity contribution in [2.75, 3.05) is 6.54 Å². The number of hydrogen-bond acceptors (Lipinski definition) is 4. The zero-order valence-electron chi connectivity index (χ0n) is 12.0. The Morgan fingerprint density at radius 2 is 2.18 bits per heavy atom. The molecule has 0 spiro atoms. The lowest BCUT2D eigenvalue weighted by atomic mass is 9.99. The normalized spacial score (nSPS) is 18.7. The molecular formula is C15H16N6O. The molecule has 3 heterocycles. The zero-order chi connectivity index (χ0) is 14.9. The monoisotopic (exact) mass is 296 g/mol. The fourth-order valence-electron chi connectivity index (χ4n) is 3.14. The lowest BCUT2D eigenvalue weighted by Crippen LogP contribution is -2.39. The molecule has 0 saturated carbocycles. The summed E-state index contributed by atoms with van der Waals surface area (Å²) in [6.45, 7) is 0.731. The second-order valence-corrected chi connectivity index (χ2v) is 5.52. The minimum absolute atomic E-state index is 0.0101. The molecule has 1 fully saturated rings. The van der Waals surface area contributed by atoms with Gasteiger partial charge in [0.15, 0.2) is 0 Å². The number of fused-ring (bicyclic) bond motifs is 1. The zero-order valence-corrected chi connectivity index (χ0v) is 12.0. The van der Waals surface area contributed by atoms with E-state index in [4.69, 9.17) is 0 Å². The Bertz CT molecular complexity index is 793. The summed E-state index contributed by atoms with van der Waals surface area (Å²) in [7, 11) is 0. The van der Waals surface area contributed by atoms with Crippen molar-refractivity contribution in [3.05, 3.63) is 42.1 Å². The predicted octanol–water partition coefficient (Wildman–Crippen LogP) is 2.05. The standard InChI is InChI=1S/C15H16N6O/c22-15(11-5-3-4-10-8-17-19-13(10)11)21-7-2-1-6-12(21)14-16-9-18-20-14/h3-5,8-9,12H,1-2,6-7H2,(H,17,19)(H,16,18,20)/t12-/m1/s1. The number of benzene rings is 1. The average Bonchev–Trinajstić information content (AvgIpc) is 3.25. The number of nitrogens with zero attached hydrogens (tertiary/aromatic N) is 4. The van der Waals surface area contributed by atoms with Gasteiger partial charge in [0.05, 0.1) is 23.3 Å². The number of aromatic amines is 2. The van der Waals surface area contributed by atoms with Crippen molar-refractivity contribution in [1.82, 2.24) is 30.3 Å². The van der Waals surface area contributed by atoms with E-state index in [9.17, 15) is 4.79 Å². The van der Waals surface area contributed by atoms with Crippen LogP contribution in [0.1, 0.15) is 41.5 Å². The number of carbonyl (C=O) groups excluding carboxylic acids is 1. The summed E-state index contributed by atoms with van der Waals surface area (Å²) in [5, 5.41) is 14.7. The minimum atomic E-state index is -0.0399. The summed E-state index contributed by atoms with van der Waals surface area (Å²) in [5.74, 6) is 0.765. The van der Waals surface area contributed by atoms with E-state index in [-0.39, 0.29) is 11.9 Å². The number of carbonyl (C=O) groups is 1. The SMILES string of the molecule is O=C(c1cccc2cn[nH]c12)N1CCCC[C@@H]1c1ncn[nH]1. The first-order valence-electron chi connectivity index (χ1n) is 7.43. The molecular weight excluding hydrogens is 280 g/mol. The average molecular weight is 296 g/mol. The molecule has 2 aromatic heterocycles. The molecule has 3 aromatic rings. The van der Waals surface area contributed by atoms with Crippen LogP contribution in [0.15, 0.2) is 30.7 Å². The molecule has 0 aliphatic carbocycles. The number of nitrogens with one attached hydrogen (secondary N) is 2. The highest BCUT2D eigenvalue weighted by Crippen LogP contribution is 2.31. The molecule has 7 nitrogen and oxygen atoms in total. The van der Waals surface area contributed by atoms with E-state index in [0.29, 0.717) is 5.56 Å². The van der Waals surface area contributed by atoms with Crippen LogP contribution in [0.4, 0.5) is 0 Å². The minimum Gasteiger partial charge on any atom is -0.328 e. The number of hydrogen-bond donors (Lipinski definition) is 2. The molecule has 1 atom stereocenters. The number of rotatable bonds is 2. The molecule has 4 rings (SSSR count). The van der Waals surface area contributed by atoms with Gasteiger partial charge < -0.3 is 4.90 Å². The molecule has 7 heteroatoms. The summed E-state index contributed by atoms with van der Waals surface area (Å²) in [5.41, 5.74) is 1.44. The maximum atomic E-state index is 13.0. The van der Waals surface area contributed by atoms with Crippen molar-refractivity contribution in [3.8, 4) is 0 Å². The third-order valence-corrected chi connectivity index (χ3v) is 4.22. The highest BCUT2D eigenvalue weighted by Gasteiger charge is 2.31. The number of piperidine rings is 1. The van der Waals surface area contributed by atoms with Crippen molar-refractivity contribution in [2.24, 2.45) is 0 Å². The number of H-pyrrole nitrogens is 2. The van der Waals surface area contributed by atoms with Crippen LogP contribution in [-0.4, -0.2) is 42.7 Å². The maximum Gasteiger partial charge on any atom is 0.256 e. The van der Waals surface area contributed by atoms with Crippen molar-refractivity contribution in [2.45, 2.75) is 25.3 Å². The van der Waals surface area contributed by atoms with E-state index in [2.05, 4.69) is 25.4 Å². The van der Waals surface area contributed by atoms with Crippen LogP contribution in [0.25, 0.3) is 10.9 Å². The first-order chi connectivity index (χ1) is 10.8. The summed E-state index contributed by atoms with van der Waals surface area (Å²) >= 11 is 0. The number of likely N-dealkylation sites (tertiary alicyclic amines) is 1. The molecule has 2 N–H and O–H groups in total. The fourth-order valence-corrected chi connectivity index (χ4v) is 3.14. The van der Waals surface area contributed by atoms with Gasteiger partial charge >= 0.3 is 0 Å². The highest BCUT2D eigenvalue weighted by molar-refractivity contribution is 6.05. The summed E-state index contributed by atoms with van der Waals surface area (Å²) in [4.78, 5) is 19.2. The molecule has 1 aliphatic heterocycles. The quantitative estimate of drug-likeness (QED) is 0.757. The van der Waals surface area contributed by atoms with E-state index in [0.717, 1.165) is 42.5 Å². The molecule has 0 radical (unpaired) electrons. The van der Waals surface area contributed by atoms with Gasteiger partial charge in [-0.25, -0.2) is 4.98 Å². The lowest BCUT2D eigenvalue weighted by molar-refractivity contribution is 0.0602. The van der Waals surface area contributed by atoms with Crippen molar-refractivity contribution in [3.63, 3.8) is 0 Å². The Morgan fingerprint density at radius 1 is 1.23 bits per heavy atom. The molecule has 0 bridgehead atoms. The van der Waals surface area contributed by atoms with E-state index < -0.39 is 0 Å². The van der Waals surface area contributed by atoms with Crippen LogP contribution in [0, 0.1) is 0 Å². The van der Waals surface area contributed by atoms with Crippen LogP contribution in [0.2, 0.25) is 0 Å². The molecule has 0 unspecified atom stereocenters. The van der Waals surface area contributed by atoms with Gasteiger partial charge in [0, 0.05) is 11.9 Å². The Balaban J connectivity index is 1.72. The van der Waals surface area contributed by atoms with Crippen LogP contribution in [0.5, 0.6) is 0 Å². The number of aromatic nitrogens is 5. The van der Waals surface area contributed by atoms with Crippen LogP contribution in [0.3, 0.4) is 0 Å². The van der Waals surface area contributed by atoms with Gasteiger partial charge in [-0.2, -0.15) is 10.2 Å². The van der Waals surface area contributed by atoms with E-state index in [1.807, 2.05) is 23.1 Å². The van der Waals surface area contributed by atoms with Gasteiger partial charge in [-0.15, -0.1) is 0 Å². The van der Waals surface area contributed by atoms with Crippen LogP contribution < -0.4 is 0 Å². The first kappa shape index (κ1) is 13.0. The van der Waals surface area contributed by atoms with Crippen LogP contribution in [-0.2, 0) is 0 Å². The summed E-state index contributed by atoms with van der Waals surface area (Å²) in [6.07, 6.45) is 6.22.